The van der Waals surface area contributed by atoms with Gasteiger partial charge in [0.2, 0.25) is 5.91 Å². The molecule has 3 N–H and O–H groups in total. The summed E-state index contributed by atoms with van der Waals surface area (Å²) in [5.41, 5.74) is 3.23. The SMILES string of the molecule is COc1cccc(-c2ccc(CNC(=O)C3CC(O)CN3)cc2)c1. The molecule has 3 rings (SSSR count). The quantitative estimate of drug-likeness (QED) is 0.782. The van der Waals surface area contributed by atoms with E-state index in [0.29, 0.717) is 19.5 Å². The Morgan fingerprint density at radius 1 is 1.25 bits per heavy atom. The van der Waals surface area contributed by atoms with E-state index in [2.05, 4.69) is 10.6 Å². The summed E-state index contributed by atoms with van der Waals surface area (Å²) < 4.78 is 5.25. The van der Waals surface area contributed by atoms with Crippen molar-refractivity contribution in [3.63, 3.8) is 0 Å². The van der Waals surface area contributed by atoms with Crippen LogP contribution in [0.25, 0.3) is 11.1 Å². The zero-order valence-electron chi connectivity index (χ0n) is 13.7. The highest BCUT2D eigenvalue weighted by Crippen LogP contribution is 2.24. The largest absolute Gasteiger partial charge is 0.497 e. The van der Waals surface area contributed by atoms with Crippen LogP contribution in [-0.2, 0) is 11.3 Å². The summed E-state index contributed by atoms with van der Waals surface area (Å²) in [6, 6.07) is 15.7. The molecule has 0 aliphatic carbocycles. The zero-order chi connectivity index (χ0) is 16.9. The van der Waals surface area contributed by atoms with Crippen LogP contribution in [0.15, 0.2) is 48.5 Å². The summed E-state index contributed by atoms with van der Waals surface area (Å²) in [6.45, 7) is 0.957. The fourth-order valence-electron chi connectivity index (χ4n) is 2.85. The molecule has 2 atom stereocenters. The summed E-state index contributed by atoms with van der Waals surface area (Å²) in [5, 5.41) is 15.4. The highest BCUT2D eigenvalue weighted by molar-refractivity contribution is 5.82. The van der Waals surface area contributed by atoms with Gasteiger partial charge >= 0.3 is 0 Å². The van der Waals surface area contributed by atoms with E-state index in [9.17, 15) is 9.90 Å². The van der Waals surface area contributed by atoms with Crippen molar-refractivity contribution in [2.24, 2.45) is 0 Å². The number of carbonyl (C=O) groups is 1. The van der Waals surface area contributed by atoms with Gasteiger partial charge in [-0.25, -0.2) is 0 Å². The van der Waals surface area contributed by atoms with Gasteiger partial charge in [-0.05, 0) is 35.2 Å². The predicted octanol–water partition coefficient (Wildman–Crippen LogP) is 1.70. The summed E-state index contributed by atoms with van der Waals surface area (Å²) in [6.07, 6.45) is 0.0450. The van der Waals surface area contributed by atoms with Crippen LogP contribution in [0, 0.1) is 0 Å². The van der Waals surface area contributed by atoms with Gasteiger partial charge in [0.15, 0.2) is 0 Å². The fourth-order valence-corrected chi connectivity index (χ4v) is 2.85. The van der Waals surface area contributed by atoms with E-state index in [1.165, 1.54) is 0 Å². The Morgan fingerprint density at radius 3 is 2.71 bits per heavy atom. The second-order valence-electron chi connectivity index (χ2n) is 6.00. The number of amides is 1. The smallest absolute Gasteiger partial charge is 0.237 e. The van der Waals surface area contributed by atoms with Gasteiger partial charge in [0.05, 0.1) is 19.3 Å². The molecule has 0 spiro atoms. The van der Waals surface area contributed by atoms with E-state index in [0.717, 1.165) is 22.4 Å². The minimum absolute atomic E-state index is 0.0663. The lowest BCUT2D eigenvalue weighted by Gasteiger charge is -2.11. The number of hydrogen-bond donors (Lipinski definition) is 3. The first-order valence-electron chi connectivity index (χ1n) is 8.08. The molecule has 0 radical (unpaired) electrons. The summed E-state index contributed by atoms with van der Waals surface area (Å²) in [5.74, 6) is 0.763. The number of ether oxygens (including phenoxy) is 1. The normalized spacial score (nSPS) is 19.9. The third-order valence-corrected chi connectivity index (χ3v) is 4.25. The van der Waals surface area contributed by atoms with Crippen LogP contribution in [0.3, 0.4) is 0 Å². The molecule has 2 unspecified atom stereocenters. The number of methoxy groups -OCH3 is 1. The Kier molecular flexibility index (Phi) is 5.13. The first-order chi connectivity index (χ1) is 11.7. The van der Waals surface area contributed by atoms with Gasteiger partial charge in [0.1, 0.15) is 5.75 Å². The van der Waals surface area contributed by atoms with Gasteiger partial charge in [0.25, 0.3) is 0 Å². The van der Waals surface area contributed by atoms with Crippen LogP contribution in [0.4, 0.5) is 0 Å². The molecule has 126 valence electrons. The maximum atomic E-state index is 12.0. The lowest BCUT2D eigenvalue weighted by atomic mass is 10.0. The summed E-state index contributed by atoms with van der Waals surface area (Å²) in [7, 11) is 1.66. The average molecular weight is 326 g/mol. The lowest BCUT2D eigenvalue weighted by molar-refractivity contribution is -0.123. The first kappa shape index (κ1) is 16.5. The molecule has 1 heterocycles. The van der Waals surface area contributed by atoms with Crippen molar-refractivity contribution in [1.82, 2.24) is 10.6 Å². The van der Waals surface area contributed by atoms with Gasteiger partial charge in [-0.15, -0.1) is 0 Å². The van der Waals surface area contributed by atoms with E-state index in [1.54, 1.807) is 7.11 Å². The maximum absolute atomic E-state index is 12.0. The van der Waals surface area contributed by atoms with Crippen LogP contribution in [0.2, 0.25) is 0 Å². The molecular weight excluding hydrogens is 304 g/mol. The van der Waals surface area contributed by atoms with Crippen molar-refractivity contribution in [1.29, 1.82) is 0 Å². The Labute approximate surface area is 141 Å². The third kappa shape index (κ3) is 3.93. The molecule has 0 saturated carbocycles. The Morgan fingerprint density at radius 2 is 2.04 bits per heavy atom. The molecule has 24 heavy (non-hydrogen) atoms. The predicted molar refractivity (Wildman–Crippen MR) is 92.7 cm³/mol. The number of hydrogen-bond acceptors (Lipinski definition) is 4. The van der Waals surface area contributed by atoms with Gasteiger partial charge in [0, 0.05) is 13.1 Å². The Hall–Kier alpha value is -2.37. The molecule has 0 aromatic heterocycles. The van der Waals surface area contributed by atoms with E-state index in [4.69, 9.17) is 4.74 Å². The van der Waals surface area contributed by atoms with Crippen molar-refractivity contribution in [2.45, 2.75) is 25.1 Å². The summed E-state index contributed by atoms with van der Waals surface area (Å²) >= 11 is 0. The minimum atomic E-state index is -0.428. The van der Waals surface area contributed by atoms with Crippen LogP contribution < -0.4 is 15.4 Å². The molecule has 1 aliphatic rings. The maximum Gasteiger partial charge on any atom is 0.237 e. The second-order valence-corrected chi connectivity index (χ2v) is 6.00. The van der Waals surface area contributed by atoms with Crippen LogP contribution in [-0.4, -0.2) is 36.8 Å². The van der Waals surface area contributed by atoms with Crippen LogP contribution in [0.1, 0.15) is 12.0 Å². The van der Waals surface area contributed by atoms with Crippen molar-refractivity contribution in [3.8, 4) is 16.9 Å². The topological polar surface area (TPSA) is 70.6 Å². The van der Waals surface area contributed by atoms with E-state index < -0.39 is 6.10 Å². The van der Waals surface area contributed by atoms with E-state index in [-0.39, 0.29) is 11.9 Å². The molecule has 2 aromatic rings. The monoisotopic (exact) mass is 326 g/mol. The summed E-state index contributed by atoms with van der Waals surface area (Å²) in [4.78, 5) is 12.0. The number of nitrogens with one attached hydrogen (secondary N) is 2. The van der Waals surface area contributed by atoms with Gasteiger partial charge in [-0.3, -0.25) is 4.79 Å². The molecule has 1 aliphatic heterocycles. The highest BCUT2D eigenvalue weighted by Gasteiger charge is 2.27. The standard InChI is InChI=1S/C19H22N2O3/c1-24-17-4-2-3-15(9-17)14-7-5-13(6-8-14)11-21-19(23)18-10-16(22)12-20-18/h2-9,16,18,20,22H,10-12H2,1H3,(H,21,23). The fraction of sp³-hybridized carbons (Fsp3) is 0.316. The van der Waals surface area contributed by atoms with Gasteiger partial charge in [-0.1, -0.05) is 36.4 Å². The molecule has 1 fully saturated rings. The molecule has 5 nitrogen and oxygen atoms in total. The molecule has 1 amide bonds. The second kappa shape index (κ2) is 7.47. The number of carbonyl (C=O) groups excluding carboxylic acids is 1. The molecule has 0 bridgehead atoms. The first-order valence-corrected chi connectivity index (χ1v) is 8.08. The van der Waals surface area contributed by atoms with Crippen molar-refractivity contribution < 1.29 is 14.6 Å². The Bertz CT molecular complexity index is 700. The average Bonchev–Trinajstić information content (AvgIpc) is 3.06. The molecule has 1 saturated heterocycles. The number of benzene rings is 2. The minimum Gasteiger partial charge on any atom is -0.497 e. The van der Waals surface area contributed by atoms with Crippen LogP contribution in [0.5, 0.6) is 5.75 Å². The van der Waals surface area contributed by atoms with E-state index >= 15 is 0 Å². The number of rotatable bonds is 5. The molecule has 5 heteroatoms. The highest BCUT2D eigenvalue weighted by atomic mass is 16.5. The van der Waals surface area contributed by atoms with Crippen molar-refractivity contribution in [3.05, 3.63) is 54.1 Å². The molecule has 2 aromatic carbocycles. The number of aliphatic hydroxyl groups is 1. The number of aliphatic hydroxyl groups excluding tert-OH is 1. The molecular formula is C19H22N2O3. The van der Waals surface area contributed by atoms with Crippen molar-refractivity contribution in [2.75, 3.05) is 13.7 Å². The van der Waals surface area contributed by atoms with Crippen molar-refractivity contribution >= 4 is 5.91 Å². The third-order valence-electron chi connectivity index (χ3n) is 4.25. The Balaban J connectivity index is 1.59. The lowest BCUT2D eigenvalue weighted by Crippen LogP contribution is -2.39. The van der Waals surface area contributed by atoms with Gasteiger partial charge in [-0.2, -0.15) is 0 Å². The van der Waals surface area contributed by atoms with Gasteiger partial charge < -0.3 is 20.5 Å². The zero-order valence-corrected chi connectivity index (χ0v) is 13.7. The van der Waals surface area contributed by atoms with Crippen LogP contribution >= 0.6 is 0 Å². The van der Waals surface area contributed by atoms with E-state index in [1.807, 2.05) is 48.5 Å². The number of β-amino-alcohol motifs (C(OH)–C–C–N with tert-alkyl or cyclic N) is 1.